The monoisotopic (exact) mass is 230 g/mol. The maximum Gasteiger partial charge on any atom is 0.257 e. The number of nitrogens with zero attached hydrogens (tertiary/aromatic N) is 3. The van der Waals surface area contributed by atoms with E-state index in [9.17, 15) is 0 Å². The van der Waals surface area contributed by atoms with Crippen molar-refractivity contribution in [2.75, 3.05) is 13.1 Å². The van der Waals surface area contributed by atoms with Crippen molar-refractivity contribution in [2.24, 2.45) is 5.73 Å². The number of benzene rings is 1. The van der Waals surface area contributed by atoms with Crippen LogP contribution in [0.5, 0.6) is 0 Å². The predicted molar refractivity (Wildman–Crippen MR) is 63.0 cm³/mol. The number of likely N-dealkylation sites (tertiary alicyclic amines) is 1. The van der Waals surface area contributed by atoms with Crippen LogP contribution in [0.2, 0.25) is 0 Å². The highest BCUT2D eigenvalue weighted by atomic mass is 16.5. The summed E-state index contributed by atoms with van der Waals surface area (Å²) in [6.07, 6.45) is 0. The molecule has 0 atom stereocenters. The van der Waals surface area contributed by atoms with Gasteiger partial charge >= 0.3 is 0 Å². The summed E-state index contributed by atoms with van der Waals surface area (Å²) in [4.78, 5) is 6.57. The Morgan fingerprint density at radius 1 is 1.29 bits per heavy atom. The van der Waals surface area contributed by atoms with Crippen LogP contribution in [0, 0.1) is 0 Å². The molecule has 5 heteroatoms. The van der Waals surface area contributed by atoms with Gasteiger partial charge in [0.1, 0.15) is 0 Å². The van der Waals surface area contributed by atoms with E-state index in [4.69, 9.17) is 10.3 Å². The average molecular weight is 230 g/mol. The van der Waals surface area contributed by atoms with Crippen LogP contribution in [-0.4, -0.2) is 34.2 Å². The zero-order valence-corrected chi connectivity index (χ0v) is 9.41. The molecule has 0 spiro atoms. The fourth-order valence-electron chi connectivity index (χ4n) is 1.96. The van der Waals surface area contributed by atoms with E-state index in [1.807, 2.05) is 30.3 Å². The van der Waals surface area contributed by atoms with Gasteiger partial charge in [-0.3, -0.25) is 4.90 Å². The quantitative estimate of drug-likeness (QED) is 0.847. The number of rotatable bonds is 3. The number of nitrogens with two attached hydrogens (primary N) is 1. The predicted octanol–water partition coefficient (Wildman–Crippen LogP) is 0.879. The molecule has 1 fully saturated rings. The van der Waals surface area contributed by atoms with Crippen LogP contribution in [0.4, 0.5) is 0 Å². The molecule has 1 aromatic carbocycles. The van der Waals surface area contributed by atoms with E-state index in [0.29, 0.717) is 18.5 Å². The summed E-state index contributed by atoms with van der Waals surface area (Å²) in [6.45, 7) is 2.54. The fraction of sp³-hybridized carbons (Fsp3) is 0.333. The van der Waals surface area contributed by atoms with Gasteiger partial charge in [-0.25, -0.2) is 0 Å². The minimum Gasteiger partial charge on any atom is -0.334 e. The van der Waals surface area contributed by atoms with Crippen molar-refractivity contribution >= 4 is 0 Å². The van der Waals surface area contributed by atoms with Crippen molar-refractivity contribution in [2.45, 2.75) is 12.6 Å². The van der Waals surface area contributed by atoms with Gasteiger partial charge in [-0.15, -0.1) is 0 Å². The summed E-state index contributed by atoms with van der Waals surface area (Å²) in [7, 11) is 0. The van der Waals surface area contributed by atoms with E-state index in [2.05, 4.69) is 15.0 Å². The number of hydrogen-bond acceptors (Lipinski definition) is 5. The van der Waals surface area contributed by atoms with E-state index in [1.54, 1.807) is 0 Å². The Balaban J connectivity index is 1.70. The first kappa shape index (κ1) is 10.4. The van der Waals surface area contributed by atoms with Crippen LogP contribution in [0.3, 0.4) is 0 Å². The van der Waals surface area contributed by atoms with Crippen LogP contribution >= 0.6 is 0 Å². The highest BCUT2D eigenvalue weighted by Gasteiger charge is 2.24. The van der Waals surface area contributed by atoms with E-state index in [0.717, 1.165) is 24.5 Å². The van der Waals surface area contributed by atoms with Crippen LogP contribution in [0.1, 0.15) is 5.82 Å². The van der Waals surface area contributed by atoms with Crippen molar-refractivity contribution < 1.29 is 4.52 Å². The first-order valence-corrected chi connectivity index (χ1v) is 5.67. The van der Waals surface area contributed by atoms with Gasteiger partial charge in [0.25, 0.3) is 5.89 Å². The molecule has 0 radical (unpaired) electrons. The molecule has 5 nitrogen and oxygen atoms in total. The smallest absolute Gasteiger partial charge is 0.257 e. The molecule has 1 aromatic heterocycles. The lowest BCUT2D eigenvalue weighted by atomic mass is 10.1. The minimum atomic E-state index is 0.301. The summed E-state index contributed by atoms with van der Waals surface area (Å²) >= 11 is 0. The van der Waals surface area contributed by atoms with Gasteiger partial charge in [0.15, 0.2) is 5.82 Å². The normalized spacial score (nSPS) is 17.0. The molecule has 0 unspecified atom stereocenters. The molecule has 1 aliphatic heterocycles. The van der Waals surface area contributed by atoms with Gasteiger partial charge in [0.2, 0.25) is 0 Å². The Bertz CT molecular complexity index is 490. The Morgan fingerprint density at radius 3 is 2.76 bits per heavy atom. The van der Waals surface area contributed by atoms with Crippen molar-refractivity contribution in [3.8, 4) is 11.5 Å². The second kappa shape index (κ2) is 4.27. The second-order valence-corrected chi connectivity index (χ2v) is 4.34. The van der Waals surface area contributed by atoms with Crippen molar-refractivity contribution in [3.63, 3.8) is 0 Å². The van der Waals surface area contributed by atoms with E-state index in [1.165, 1.54) is 0 Å². The molecule has 88 valence electrons. The van der Waals surface area contributed by atoms with E-state index < -0.39 is 0 Å². The standard InChI is InChI=1S/C12H14N4O/c13-10-6-16(7-10)8-11-14-12(17-15-11)9-4-2-1-3-5-9/h1-5,10H,6-8,13H2. The van der Waals surface area contributed by atoms with Crippen molar-refractivity contribution in [1.82, 2.24) is 15.0 Å². The third kappa shape index (κ3) is 2.20. The minimum absolute atomic E-state index is 0.301. The first-order chi connectivity index (χ1) is 8.31. The highest BCUT2D eigenvalue weighted by molar-refractivity contribution is 5.51. The zero-order chi connectivity index (χ0) is 11.7. The molecule has 1 saturated heterocycles. The van der Waals surface area contributed by atoms with Crippen molar-refractivity contribution in [1.29, 1.82) is 0 Å². The number of aromatic nitrogens is 2. The van der Waals surface area contributed by atoms with Gasteiger partial charge in [-0.05, 0) is 12.1 Å². The van der Waals surface area contributed by atoms with E-state index >= 15 is 0 Å². The highest BCUT2D eigenvalue weighted by Crippen LogP contribution is 2.17. The summed E-state index contributed by atoms with van der Waals surface area (Å²) in [5, 5.41) is 3.97. The lowest BCUT2D eigenvalue weighted by Crippen LogP contribution is -2.55. The lowest BCUT2D eigenvalue weighted by Gasteiger charge is -2.35. The molecule has 2 N–H and O–H groups in total. The SMILES string of the molecule is NC1CN(Cc2noc(-c3ccccc3)n2)C1. The van der Waals surface area contributed by atoms with Gasteiger partial charge in [-0.2, -0.15) is 4.98 Å². The fourth-order valence-corrected chi connectivity index (χ4v) is 1.96. The molecule has 0 bridgehead atoms. The molecular weight excluding hydrogens is 216 g/mol. The molecule has 2 heterocycles. The summed E-state index contributed by atoms with van der Waals surface area (Å²) in [5.74, 6) is 1.29. The Morgan fingerprint density at radius 2 is 2.06 bits per heavy atom. The van der Waals surface area contributed by atoms with Gasteiger partial charge < -0.3 is 10.3 Å². The topological polar surface area (TPSA) is 68.2 Å². The Kier molecular flexibility index (Phi) is 2.62. The van der Waals surface area contributed by atoms with Gasteiger partial charge in [0.05, 0.1) is 6.54 Å². The average Bonchev–Trinajstić information content (AvgIpc) is 2.77. The Hall–Kier alpha value is -1.72. The number of hydrogen-bond donors (Lipinski definition) is 1. The molecule has 0 saturated carbocycles. The summed E-state index contributed by atoms with van der Waals surface area (Å²) in [6, 6.07) is 10.1. The molecule has 1 aliphatic rings. The van der Waals surface area contributed by atoms with Gasteiger partial charge in [0, 0.05) is 24.7 Å². The third-order valence-electron chi connectivity index (χ3n) is 2.84. The first-order valence-electron chi connectivity index (χ1n) is 5.67. The summed E-state index contributed by atoms with van der Waals surface area (Å²) in [5.41, 5.74) is 6.66. The molecule has 0 amide bonds. The lowest BCUT2D eigenvalue weighted by molar-refractivity contribution is 0.137. The van der Waals surface area contributed by atoms with Crippen LogP contribution in [-0.2, 0) is 6.54 Å². The van der Waals surface area contributed by atoms with Crippen LogP contribution in [0.25, 0.3) is 11.5 Å². The molecular formula is C12H14N4O. The molecule has 2 aromatic rings. The maximum absolute atomic E-state index is 5.71. The molecule has 17 heavy (non-hydrogen) atoms. The van der Waals surface area contributed by atoms with Crippen molar-refractivity contribution in [3.05, 3.63) is 36.2 Å². The zero-order valence-electron chi connectivity index (χ0n) is 9.41. The second-order valence-electron chi connectivity index (χ2n) is 4.34. The van der Waals surface area contributed by atoms with Crippen LogP contribution in [0.15, 0.2) is 34.9 Å². The van der Waals surface area contributed by atoms with Crippen LogP contribution < -0.4 is 5.73 Å². The van der Waals surface area contributed by atoms with Gasteiger partial charge in [-0.1, -0.05) is 23.4 Å². The Labute approximate surface area is 99.2 Å². The largest absolute Gasteiger partial charge is 0.334 e. The molecule has 3 rings (SSSR count). The third-order valence-corrected chi connectivity index (χ3v) is 2.84. The van der Waals surface area contributed by atoms with E-state index in [-0.39, 0.29) is 0 Å². The maximum atomic E-state index is 5.71. The molecule has 0 aliphatic carbocycles. The summed E-state index contributed by atoms with van der Waals surface area (Å²) < 4.78 is 5.23.